The van der Waals surface area contributed by atoms with Crippen LogP contribution in [0.5, 0.6) is 0 Å². The van der Waals surface area contributed by atoms with E-state index in [1.165, 1.54) is 11.3 Å². The van der Waals surface area contributed by atoms with Crippen LogP contribution in [0.1, 0.15) is 65.4 Å². The molecule has 0 aliphatic carbocycles. The summed E-state index contributed by atoms with van der Waals surface area (Å²) < 4.78 is 5.68. The van der Waals surface area contributed by atoms with E-state index in [1.807, 2.05) is 36.9 Å². The molecule has 1 N–H and O–H groups in total. The number of pyridine rings is 1. The van der Waals surface area contributed by atoms with Crippen molar-refractivity contribution in [3.63, 3.8) is 0 Å². The predicted molar refractivity (Wildman–Crippen MR) is 115 cm³/mol. The van der Waals surface area contributed by atoms with Crippen LogP contribution in [0.2, 0.25) is 0 Å². The molecule has 4 heterocycles. The Morgan fingerprint density at radius 3 is 2.87 bits per heavy atom. The predicted octanol–water partition coefficient (Wildman–Crippen LogP) is 4.12. The van der Waals surface area contributed by atoms with Crippen molar-refractivity contribution in [1.29, 1.82) is 0 Å². The molecule has 1 fully saturated rings. The lowest BCUT2D eigenvalue weighted by Gasteiger charge is -2.32. The molecule has 8 nitrogen and oxygen atoms in total. The fourth-order valence-electron chi connectivity index (χ4n) is 3.65. The van der Waals surface area contributed by atoms with Gasteiger partial charge < -0.3 is 14.6 Å². The lowest BCUT2D eigenvalue weighted by Crippen LogP contribution is -2.39. The van der Waals surface area contributed by atoms with Gasteiger partial charge in [-0.25, -0.2) is 9.97 Å². The zero-order valence-electron chi connectivity index (χ0n) is 17.5. The third kappa shape index (κ3) is 4.35. The van der Waals surface area contributed by atoms with E-state index in [1.54, 1.807) is 0 Å². The van der Waals surface area contributed by atoms with Crippen LogP contribution in [0.15, 0.2) is 22.6 Å². The Kier molecular flexibility index (Phi) is 6.08. The van der Waals surface area contributed by atoms with E-state index < -0.39 is 0 Å². The van der Waals surface area contributed by atoms with Gasteiger partial charge in [0.25, 0.3) is 5.91 Å². The fraction of sp³-hybridized carbons (Fsp3) is 0.476. The Morgan fingerprint density at radius 2 is 2.13 bits per heavy atom. The molecule has 0 bridgehead atoms. The van der Waals surface area contributed by atoms with E-state index in [2.05, 4.69) is 27.4 Å². The Bertz CT molecular complexity index is 1030. The highest BCUT2D eigenvalue weighted by Gasteiger charge is 2.29. The summed E-state index contributed by atoms with van der Waals surface area (Å²) in [6.45, 7) is 7.19. The summed E-state index contributed by atoms with van der Waals surface area (Å²) >= 11 is 1.53. The van der Waals surface area contributed by atoms with Gasteiger partial charge in [0.2, 0.25) is 10.9 Å². The molecule has 3 aromatic rings. The SMILES string of the molecule is CCc1nc(C)c(C(=O)N2CCC[C@H](c3cccc(Nc4nnc(CC)s4)n3)C2)o1. The van der Waals surface area contributed by atoms with E-state index in [9.17, 15) is 4.79 Å². The van der Waals surface area contributed by atoms with Gasteiger partial charge >= 0.3 is 0 Å². The molecule has 1 aliphatic heterocycles. The van der Waals surface area contributed by atoms with Crippen LogP contribution in [0.4, 0.5) is 10.9 Å². The number of hydrogen-bond donors (Lipinski definition) is 1. The van der Waals surface area contributed by atoms with Crippen LogP contribution < -0.4 is 5.32 Å². The summed E-state index contributed by atoms with van der Waals surface area (Å²) in [6.07, 6.45) is 3.46. The van der Waals surface area contributed by atoms with Gasteiger partial charge in [0, 0.05) is 31.1 Å². The zero-order valence-corrected chi connectivity index (χ0v) is 18.3. The number of likely N-dealkylation sites (tertiary alicyclic amines) is 1. The monoisotopic (exact) mass is 426 g/mol. The summed E-state index contributed by atoms with van der Waals surface area (Å²) in [5.74, 6) is 1.80. The van der Waals surface area contributed by atoms with E-state index in [4.69, 9.17) is 9.40 Å². The fourth-order valence-corrected chi connectivity index (χ4v) is 4.34. The molecule has 0 aromatic carbocycles. The minimum absolute atomic E-state index is 0.0837. The van der Waals surface area contributed by atoms with Gasteiger partial charge in [-0.3, -0.25) is 4.79 Å². The number of anilines is 2. The first kappa shape index (κ1) is 20.5. The summed E-state index contributed by atoms with van der Waals surface area (Å²) in [4.78, 5) is 24.0. The Morgan fingerprint density at radius 1 is 1.27 bits per heavy atom. The van der Waals surface area contributed by atoms with Crippen molar-refractivity contribution >= 4 is 28.2 Å². The number of amides is 1. The molecule has 3 aromatic heterocycles. The van der Waals surface area contributed by atoms with Crippen LogP contribution in [0, 0.1) is 6.92 Å². The van der Waals surface area contributed by atoms with Crippen LogP contribution in [0.25, 0.3) is 0 Å². The quantitative estimate of drug-likeness (QED) is 0.633. The molecule has 9 heteroatoms. The minimum atomic E-state index is -0.0837. The third-order valence-electron chi connectivity index (χ3n) is 5.24. The second-order valence-corrected chi connectivity index (χ2v) is 8.46. The molecule has 4 rings (SSSR count). The molecule has 158 valence electrons. The van der Waals surface area contributed by atoms with Crippen LogP contribution >= 0.6 is 11.3 Å². The van der Waals surface area contributed by atoms with E-state index >= 15 is 0 Å². The molecular formula is C21H26N6O2S. The lowest BCUT2D eigenvalue weighted by atomic mass is 9.94. The van der Waals surface area contributed by atoms with Crippen molar-refractivity contribution in [3.05, 3.63) is 46.2 Å². The summed E-state index contributed by atoms with van der Waals surface area (Å²) in [5.41, 5.74) is 1.63. The number of aromatic nitrogens is 4. The maximum Gasteiger partial charge on any atom is 0.291 e. The van der Waals surface area contributed by atoms with Crippen molar-refractivity contribution in [2.24, 2.45) is 0 Å². The summed E-state index contributed by atoms with van der Waals surface area (Å²) in [5, 5.41) is 13.3. The van der Waals surface area contributed by atoms with Gasteiger partial charge in [0.05, 0.1) is 5.69 Å². The number of rotatable bonds is 6. The number of oxazole rings is 1. The molecule has 0 saturated carbocycles. The number of aryl methyl sites for hydroxylation is 3. The van der Waals surface area contributed by atoms with Gasteiger partial charge in [-0.15, -0.1) is 10.2 Å². The molecular weight excluding hydrogens is 400 g/mol. The van der Waals surface area contributed by atoms with Gasteiger partial charge in [0.1, 0.15) is 10.8 Å². The Balaban J connectivity index is 1.47. The molecule has 1 amide bonds. The molecule has 1 atom stereocenters. The maximum absolute atomic E-state index is 13.0. The Labute approximate surface area is 179 Å². The van der Waals surface area contributed by atoms with Crippen LogP contribution in [0.3, 0.4) is 0 Å². The van der Waals surface area contributed by atoms with Crippen LogP contribution in [-0.4, -0.2) is 44.1 Å². The second-order valence-electron chi connectivity index (χ2n) is 7.39. The van der Waals surface area contributed by atoms with Crippen LogP contribution in [-0.2, 0) is 12.8 Å². The van der Waals surface area contributed by atoms with Crippen molar-refractivity contribution < 1.29 is 9.21 Å². The number of carbonyl (C=O) groups is 1. The van der Waals surface area contributed by atoms with Gasteiger partial charge in [-0.05, 0) is 38.3 Å². The highest BCUT2D eigenvalue weighted by atomic mass is 32.1. The van der Waals surface area contributed by atoms with Crippen molar-refractivity contribution in [3.8, 4) is 0 Å². The largest absolute Gasteiger partial charge is 0.435 e. The number of piperidine rings is 1. The number of nitrogens with one attached hydrogen (secondary N) is 1. The molecule has 30 heavy (non-hydrogen) atoms. The van der Waals surface area contributed by atoms with Gasteiger partial charge in [0.15, 0.2) is 5.89 Å². The van der Waals surface area contributed by atoms with E-state index in [0.29, 0.717) is 30.3 Å². The van der Waals surface area contributed by atoms with E-state index in [0.717, 1.165) is 47.5 Å². The first-order chi connectivity index (χ1) is 14.6. The number of carbonyl (C=O) groups excluding carboxylic acids is 1. The van der Waals surface area contributed by atoms with Gasteiger partial charge in [-0.2, -0.15) is 0 Å². The maximum atomic E-state index is 13.0. The zero-order chi connectivity index (χ0) is 21.1. The first-order valence-corrected chi connectivity index (χ1v) is 11.2. The third-order valence-corrected chi connectivity index (χ3v) is 6.22. The highest BCUT2D eigenvalue weighted by Crippen LogP contribution is 2.29. The molecule has 0 radical (unpaired) electrons. The Hall–Kier alpha value is -2.81. The second kappa shape index (κ2) is 8.91. The number of nitrogens with zero attached hydrogens (tertiary/aromatic N) is 5. The number of hydrogen-bond acceptors (Lipinski definition) is 8. The topological polar surface area (TPSA) is 97.0 Å². The average Bonchev–Trinajstić information content (AvgIpc) is 3.39. The van der Waals surface area contributed by atoms with Crippen molar-refractivity contribution in [2.45, 2.75) is 52.4 Å². The molecule has 0 unspecified atom stereocenters. The van der Waals surface area contributed by atoms with Gasteiger partial charge in [-0.1, -0.05) is 31.3 Å². The smallest absolute Gasteiger partial charge is 0.291 e. The average molecular weight is 427 g/mol. The summed E-state index contributed by atoms with van der Waals surface area (Å²) in [6, 6.07) is 5.93. The molecule has 1 saturated heterocycles. The highest BCUT2D eigenvalue weighted by molar-refractivity contribution is 7.15. The lowest BCUT2D eigenvalue weighted by molar-refractivity contribution is 0.0671. The van der Waals surface area contributed by atoms with E-state index in [-0.39, 0.29) is 11.8 Å². The molecule has 0 spiro atoms. The first-order valence-electron chi connectivity index (χ1n) is 10.4. The normalized spacial score (nSPS) is 16.6. The van der Waals surface area contributed by atoms with Crippen molar-refractivity contribution in [1.82, 2.24) is 25.1 Å². The molecule has 1 aliphatic rings. The standard InChI is InChI=1S/C21H26N6O2S/c1-4-17-22-13(3)19(29-17)20(28)27-11-7-8-14(12-27)15-9-6-10-16(23-15)24-21-26-25-18(5-2)30-21/h6,9-10,14H,4-5,7-8,11-12H2,1-3H3,(H,23,24,26)/t14-/m0/s1. The summed E-state index contributed by atoms with van der Waals surface area (Å²) in [7, 11) is 0. The van der Waals surface area contributed by atoms with Crippen molar-refractivity contribution in [2.75, 3.05) is 18.4 Å². The minimum Gasteiger partial charge on any atom is -0.435 e.